The first-order valence-electron chi connectivity index (χ1n) is 6.44. The Labute approximate surface area is 128 Å². The van der Waals surface area contributed by atoms with Crippen LogP contribution in [0.25, 0.3) is 0 Å². The van der Waals surface area contributed by atoms with Gasteiger partial charge in [0.25, 0.3) is 0 Å². The maximum atomic E-state index is 5.74. The number of nitrogens with zero attached hydrogens (tertiary/aromatic N) is 1. The number of aromatic nitrogens is 1. The molecule has 0 bridgehead atoms. The molecule has 0 spiro atoms. The van der Waals surface area contributed by atoms with Crippen LogP contribution in [-0.2, 0) is 17.8 Å². The number of nitrogens with two attached hydrogens (primary N) is 1. The molecule has 0 saturated heterocycles. The van der Waals surface area contributed by atoms with Crippen LogP contribution in [-0.4, -0.2) is 16.6 Å². The van der Waals surface area contributed by atoms with Crippen LogP contribution in [0.1, 0.15) is 27.3 Å². The van der Waals surface area contributed by atoms with Crippen LogP contribution in [0.4, 0.5) is 0 Å². The fourth-order valence-electron chi connectivity index (χ4n) is 1.92. The molecule has 2 aromatic rings. The Balaban J connectivity index is 1.85. The smallest absolute Gasteiger partial charge is 0.103 e. The zero-order chi connectivity index (χ0) is 14.5. The van der Waals surface area contributed by atoms with E-state index in [1.807, 2.05) is 37.6 Å². The van der Waals surface area contributed by atoms with E-state index in [1.165, 1.54) is 10.4 Å². The minimum absolute atomic E-state index is 0.432. The van der Waals surface area contributed by atoms with Gasteiger partial charge in [-0.1, -0.05) is 24.4 Å². The van der Waals surface area contributed by atoms with Crippen molar-refractivity contribution in [3.05, 3.63) is 51.0 Å². The summed E-state index contributed by atoms with van der Waals surface area (Å²) in [7, 11) is 0. The van der Waals surface area contributed by atoms with Crippen LogP contribution in [0.2, 0.25) is 0 Å². The monoisotopic (exact) mass is 306 g/mol. The second-order valence-electron chi connectivity index (χ2n) is 4.67. The maximum absolute atomic E-state index is 5.74. The molecule has 20 heavy (non-hydrogen) atoms. The van der Waals surface area contributed by atoms with Gasteiger partial charge < -0.3 is 10.5 Å². The molecule has 0 aliphatic rings. The molecular weight excluding hydrogens is 288 g/mol. The summed E-state index contributed by atoms with van der Waals surface area (Å²) in [4.78, 5) is 5.96. The fourth-order valence-corrected chi connectivity index (χ4v) is 2.81. The Morgan fingerprint density at radius 3 is 2.80 bits per heavy atom. The molecule has 0 atom stereocenters. The predicted octanol–water partition coefficient (Wildman–Crippen LogP) is 3.15. The minimum atomic E-state index is 0.432. The largest absolute Gasteiger partial charge is 0.389 e. The van der Waals surface area contributed by atoms with Crippen molar-refractivity contribution in [2.75, 3.05) is 6.61 Å². The van der Waals surface area contributed by atoms with E-state index in [9.17, 15) is 0 Å². The number of thiocarbonyl (C=S) groups is 1. The third-order valence-electron chi connectivity index (χ3n) is 3.20. The van der Waals surface area contributed by atoms with Gasteiger partial charge in [-0.15, -0.1) is 11.3 Å². The van der Waals surface area contributed by atoms with Gasteiger partial charge in [-0.2, -0.15) is 0 Å². The highest BCUT2D eigenvalue weighted by Crippen LogP contribution is 2.15. The molecule has 1 aromatic carbocycles. The third kappa shape index (κ3) is 3.85. The van der Waals surface area contributed by atoms with E-state index in [-0.39, 0.29) is 0 Å². The molecule has 1 aromatic heterocycles. The molecule has 3 nitrogen and oxygen atoms in total. The van der Waals surface area contributed by atoms with Crippen molar-refractivity contribution in [2.24, 2.45) is 5.73 Å². The van der Waals surface area contributed by atoms with E-state index in [0.717, 1.165) is 23.2 Å². The number of ether oxygens (including phenoxy) is 1. The Bertz CT molecular complexity index is 608. The van der Waals surface area contributed by atoms with E-state index in [2.05, 4.69) is 4.98 Å². The van der Waals surface area contributed by atoms with E-state index in [4.69, 9.17) is 22.7 Å². The van der Waals surface area contributed by atoms with Crippen LogP contribution in [0.15, 0.2) is 23.7 Å². The van der Waals surface area contributed by atoms with E-state index in [1.54, 1.807) is 11.3 Å². The lowest BCUT2D eigenvalue weighted by atomic mass is 10.1. The number of thiazole rings is 1. The Kier molecular flexibility index (Phi) is 5.23. The standard InChI is InChI=1S/C15H18N2OS2/c1-10-7-12(15(16)19)3-4-13(10)8-18-6-5-14-11(2)17-9-20-14/h3-4,7,9H,5-6,8H2,1-2H3,(H2,16,19). The summed E-state index contributed by atoms with van der Waals surface area (Å²) in [5.74, 6) is 0. The molecule has 0 aliphatic heterocycles. The summed E-state index contributed by atoms with van der Waals surface area (Å²) >= 11 is 6.66. The molecule has 2 rings (SSSR count). The highest BCUT2D eigenvalue weighted by Gasteiger charge is 2.04. The van der Waals surface area contributed by atoms with Gasteiger partial charge in [-0.05, 0) is 31.0 Å². The first-order valence-corrected chi connectivity index (χ1v) is 7.72. The SMILES string of the molecule is Cc1cc(C(N)=S)ccc1COCCc1scnc1C. The molecule has 1 heterocycles. The maximum Gasteiger partial charge on any atom is 0.103 e. The van der Waals surface area contributed by atoms with Crippen molar-refractivity contribution in [1.29, 1.82) is 0 Å². The molecule has 2 N–H and O–H groups in total. The average molecular weight is 306 g/mol. The number of aryl methyl sites for hydroxylation is 2. The van der Waals surface area contributed by atoms with Crippen molar-refractivity contribution in [3.63, 3.8) is 0 Å². The fraction of sp³-hybridized carbons (Fsp3) is 0.333. The van der Waals surface area contributed by atoms with Gasteiger partial charge in [0.1, 0.15) is 4.99 Å². The second-order valence-corrected chi connectivity index (χ2v) is 6.05. The first-order chi connectivity index (χ1) is 9.58. The van der Waals surface area contributed by atoms with Crippen LogP contribution in [0.5, 0.6) is 0 Å². The Morgan fingerprint density at radius 2 is 2.20 bits per heavy atom. The summed E-state index contributed by atoms with van der Waals surface area (Å²) in [5, 5.41) is 0. The van der Waals surface area contributed by atoms with Gasteiger partial charge >= 0.3 is 0 Å². The summed E-state index contributed by atoms with van der Waals surface area (Å²) in [5.41, 5.74) is 11.8. The van der Waals surface area contributed by atoms with Crippen molar-refractivity contribution >= 4 is 28.5 Å². The number of hydrogen-bond acceptors (Lipinski definition) is 4. The van der Waals surface area contributed by atoms with Crippen molar-refractivity contribution < 1.29 is 4.74 Å². The van der Waals surface area contributed by atoms with Gasteiger partial charge in [0.15, 0.2) is 0 Å². The topological polar surface area (TPSA) is 48.1 Å². The van der Waals surface area contributed by atoms with Crippen molar-refractivity contribution in [1.82, 2.24) is 4.98 Å². The zero-order valence-corrected chi connectivity index (χ0v) is 13.3. The number of benzene rings is 1. The Morgan fingerprint density at radius 1 is 1.40 bits per heavy atom. The zero-order valence-electron chi connectivity index (χ0n) is 11.7. The molecule has 5 heteroatoms. The van der Waals surface area contributed by atoms with Crippen LogP contribution >= 0.6 is 23.6 Å². The van der Waals surface area contributed by atoms with Crippen molar-refractivity contribution in [2.45, 2.75) is 26.9 Å². The molecule has 0 aliphatic carbocycles. The van der Waals surface area contributed by atoms with E-state index >= 15 is 0 Å². The molecule has 0 amide bonds. The highest BCUT2D eigenvalue weighted by molar-refractivity contribution is 7.80. The van der Waals surface area contributed by atoms with Gasteiger partial charge in [0.2, 0.25) is 0 Å². The lowest BCUT2D eigenvalue weighted by Gasteiger charge is -2.09. The number of hydrogen-bond donors (Lipinski definition) is 1. The lowest BCUT2D eigenvalue weighted by molar-refractivity contribution is 0.124. The summed E-state index contributed by atoms with van der Waals surface area (Å²) in [6.07, 6.45) is 0.917. The van der Waals surface area contributed by atoms with Crippen molar-refractivity contribution in [3.8, 4) is 0 Å². The third-order valence-corrected chi connectivity index (χ3v) is 4.43. The minimum Gasteiger partial charge on any atom is -0.389 e. The highest BCUT2D eigenvalue weighted by atomic mass is 32.1. The second kappa shape index (κ2) is 6.92. The molecule has 0 unspecified atom stereocenters. The molecular formula is C15H18N2OS2. The predicted molar refractivity (Wildman–Crippen MR) is 87.3 cm³/mol. The van der Waals surface area contributed by atoms with Crippen LogP contribution in [0, 0.1) is 13.8 Å². The Hall–Kier alpha value is -1.30. The number of rotatable bonds is 6. The van der Waals surface area contributed by atoms with Gasteiger partial charge in [0, 0.05) is 16.9 Å². The first kappa shape index (κ1) is 15.1. The normalized spacial score (nSPS) is 10.7. The quantitative estimate of drug-likeness (QED) is 0.658. The summed E-state index contributed by atoms with van der Waals surface area (Å²) in [6.45, 7) is 5.40. The van der Waals surface area contributed by atoms with E-state index in [0.29, 0.717) is 18.2 Å². The van der Waals surface area contributed by atoms with Gasteiger partial charge in [0.05, 0.1) is 24.4 Å². The van der Waals surface area contributed by atoms with Crippen LogP contribution in [0.3, 0.4) is 0 Å². The van der Waals surface area contributed by atoms with Gasteiger partial charge in [-0.25, -0.2) is 4.98 Å². The summed E-state index contributed by atoms with van der Waals surface area (Å²) < 4.78 is 5.74. The van der Waals surface area contributed by atoms with E-state index < -0.39 is 0 Å². The average Bonchev–Trinajstić information content (AvgIpc) is 2.81. The molecule has 0 fully saturated rings. The summed E-state index contributed by atoms with van der Waals surface area (Å²) in [6, 6.07) is 5.98. The van der Waals surface area contributed by atoms with Crippen LogP contribution < -0.4 is 5.73 Å². The van der Waals surface area contributed by atoms with Gasteiger partial charge in [-0.3, -0.25) is 0 Å². The molecule has 106 valence electrons. The lowest BCUT2D eigenvalue weighted by Crippen LogP contribution is -2.10. The molecule has 0 saturated carbocycles. The molecule has 0 radical (unpaired) electrons.